The van der Waals surface area contributed by atoms with Crippen LogP contribution in [-0.2, 0) is 20.7 Å². The van der Waals surface area contributed by atoms with E-state index in [1.807, 2.05) is 24.3 Å². The predicted octanol–water partition coefficient (Wildman–Crippen LogP) is 2.39. The number of nitrogens with one attached hydrogen (secondary N) is 1. The zero-order valence-electron chi connectivity index (χ0n) is 12.8. The van der Waals surface area contributed by atoms with Crippen LogP contribution in [0.1, 0.15) is 37.8 Å². The van der Waals surface area contributed by atoms with Gasteiger partial charge in [0.25, 0.3) is 0 Å². The van der Waals surface area contributed by atoms with Gasteiger partial charge < -0.3 is 14.8 Å². The molecule has 0 bridgehead atoms. The molecule has 1 amide bonds. The number of fused-ring (bicyclic) bond motifs is 1. The zero-order chi connectivity index (χ0) is 15.6. The molecule has 2 atom stereocenters. The number of carbonyl (C=O) groups is 2. The van der Waals surface area contributed by atoms with E-state index < -0.39 is 17.6 Å². The van der Waals surface area contributed by atoms with Crippen LogP contribution in [0.5, 0.6) is 0 Å². The lowest BCUT2D eigenvalue weighted by molar-refractivity contribution is -0.142. The number of esters is 1. The van der Waals surface area contributed by atoms with Gasteiger partial charge in [0.05, 0.1) is 13.2 Å². The molecule has 114 valence electrons. The third kappa shape index (κ3) is 3.54. The first-order chi connectivity index (χ1) is 9.81. The highest BCUT2D eigenvalue weighted by Gasteiger charge is 2.39. The van der Waals surface area contributed by atoms with E-state index in [1.165, 1.54) is 7.11 Å². The monoisotopic (exact) mass is 291 g/mol. The lowest BCUT2D eigenvalue weighted by atomic mass is 9.98. The van der Waals surface area contributed by atoms with Crippen LogP contribution in [0.25, 0.3) is 0 Å². The van der Waals surface area contributed by atoms with Gasteiger partial charge in [0, 0.05) is 0 Å². The van der Waals surface area contributed by atoms with E-state index in [1.54, 1.807) is 20.8 Å². The van der Waals surface area contributed by atoms with Crippen molar-refractivity contribution in [3.8, 4) is 0 Å². The van der Waals surface area contributed by atoms with E-state index in [0.717, 1.165) is 11.1 Å². The fourth-order valence-electron chi connectivity index (χ4n) is 2.61. The second-order valence-electron chi connectivity index (χ2n) is 6.16. The molecule has 21 heavy (non-hydrogen) atoms. The van der Waals surface area contributed by atoms with Gasteiger partial charge in [-0.3, -0.25) is 4.79 Å². The van der Waals surface area contributed by atoms with Crippen molar-refractivity contribution < 1.29 is 19.1 Å². The van der Waals surface area contributed by atoms with Crippen LogP contribution < -0.4 is 5.32 Å². The Balaban J connectivity index is 2.17. The van der Waals surface area contributed by atoms with Crippen LogP contribution in [0.15, 0.2) is 24.3 Å². The van der Waals surface area contributed by atoms with Crippen molar-refractivity contribution in [3.05, 3.63) is 35.4 Å². The van der Waals surface area contributed by atoms with Gasteiger partial charge in [-0.1, -0.05) is 24.3 Å². The van der Waals surface area contributed by atoms with Gasteiger partial charge in [-0.2, -0.15) is 0 Å². The van der Waals surface area contributed by atoms with Crippen molar-refractivity contribution in [2.24, 2.45) is 0 Å². The minimum atomic E-state index is -0.573. The summed E-state index contributed by atoms with van der Waals surface area (Å²) in [7, 11) is 1.35. The SMILES string of the molecule is COC(=O)[C@@H]1c2ccccc2C[C@H]1NC(=O)OC(C)(C)C. The molecule has 0 unspecified atom stereocenters. The molecule has 1 aromatic carbocycles. The third-order valence-corrected chi connectivity index (χ3v) is 3.39. The number of hydrogen-bond acceptors (Lipinski definition) is 4. The number of ether oxygens (including phenoxy) is 2. The number of alkyl carbamates (subject to hydrolysis) is 1. The molecule has 1 N–H and O–H groups in total. The van der Waals surface area contributed by atoms with Crippen LogP contribution in [0.3, 0.4) is 0 Å². The topological polar surface area (TPSA) is 64.6 Å². The van der Waals surface area contributed by atoms with Crippen LogP contribution in [0.2, 0.25) is 0 Å². The molecular formula is C16H21NO4. The number of amides is 1. The Bertz CT molecular complexity index is 547. The lowest BCUT2D eigenvalue weighted by Crippen LogP contribution is -2.43. The summed E-state index contributed by atoms with van der Waals surface area (Å²) in [4.78, 5) is 24.0. The molecule has 5 nitrogen and oxygen atoms in total. The molecule has 5 heteroatoms. The van der Waals surface area contributed by atoms with E-state index in [9.17, 15) is 9.59 Å². The van der Waals surface area contributed by atoms with E-state index in [-0.39, 0.29) is 12.0 Å². The Morgan fingerprint density at radius 2 is 1.90 bits per heavy atom. The van der Waals surface area contributed by atoms with Crippen molar-refractivity contribution in [2.45, 2.75) is 44.8 Å². The van der Waals surface area contributed by atoms with Crippen molar-refractivity contribution >= 4 is 12.1 Å². The van der Waals surface area contributed by atoms with E-state index in [4.69, 9.17) is 9.47 Å². The Hall–Kier alpha value is -2.04. The van der Waals surface area contributed by atoms with Gasteiger partial charge >= 0.3 is 12.1 Å². The van der Waals surface area contributed by atoms with Crippen molar-refractivity contribution in [1.29, 1.82) is 0 Å². The molecule has 0 fully saturated rings. The molecule has 0 aliphatic heterocycles. The number of rotatable bonds is 2. The lowest BCUT2D eigenvalue weighted by Gasteiger charge is -2.24. The van der Waals surface area contributed by atoms with E-state index in [2.05, 4.69) is 5.32 Å². The summed E-state index contributed by atoms with van der Waals surface area (Å²) in [5, 5.41) is 2.79. The zero-order valence-corrected chi connectivity index (χ0v) is 12.8. The molecule has 1 aliphatic carbocycles. The highest BCUT2D eigenvalue weighted by Crippen LogP contribution is 2.34. The van der Waals surface area contributed by atoms with E-state index in [0.29, 0.717) is 6.42 Å². The molecule has 2 rings (SSSR count). The highest BCUT2D eigenvalue weighted by molar-refractivity contribution is 5.82. The summed E-state index contributed by atoms with van der Waals surface area (Å²) in [6.45, 7) is 5.40. The molecular weight excluding hydrogens is 270 g/mol. The summed E-state index contributed by atoms with van der Waals surface area (Å²) < 4.78 is 10.1. The average molecular weight is 291 g/mol. The maximum absolute atomic E-state index is 12.0. The summed E-state index contributed by atoms with van der Waals surface area (Å²) in [6.07, 6.45) is 0.0732. The summed E-state index contributed by atoms with van der Waals surface area (Å²) in [6, 6.07) is 7.31. The van der Waals surface area contributed by atoms with Gasteiger partial charge in [-0.25, -0.2) is 4.79 Å². The molecule has 0 saturated carbocycles. The predicted molar refractivity (Wildman–Crippen MR) is 78.1 cm³/mol. The summed E-state index contributed by atoms with van der Waals surface area (Å²) in [5.74, 6) is -0.834. The number of methoxy groups -OCH3 is 1. The minimum absolute atomic E-state index is 0.343. The van der Waals surface area contributed by atoms with Crippen LogP contribution in [-0.4, -0.2) is 30.8 Å². The van der Waals surface area contributed by atoms with Gasteiger partial charge in [0.15, 0.2) is 0 Å². The maximum Gasteiger partial charge on any atom is 0.407 e. The summed E-state index contributed by atoms with van der Waals surface area (Å²) in [5.41, 5.74) is 1.38. The second kappa shape index (κ2) is 5.76. The minimum Gasteiger partial charge on any atom is -0.468 e. The normalized spacial score (nSPS) is 20.6. The Morgan fingerprint density at radius 3 is 2.52 bits per heavy atom. The van der Waals surface area contributed by atoms with Gasteiger partial charge in [0.2, 0.25) is 0 Å². The average Bonchev–Trinajstić information content (AvgIpc) is 2.73. The van der Waals surface area contributed by atoms with Crippen molar-refractivity contribution in [2.75, 3.05) is 7.11 Å². The molecule has 1 aliphatic rings. The standard InChI is InChI=1S/C16H21NO4/c1-16(2,3)21-15(19)17-12-9-10-7-5-6-8-11(10)13(12)14(18)20-4/h5-8,12-13H,9H2,1-4H3,(H,17,19)/t12-,13-/m1/s1. The van der Waals surface area contributed by atoms with Crippen LogP contribution in [0, 0.1) is 0 Å². The van der Waals surface area contributed by atoms with Gasteiger partial charge in [-0.05, 0) is 38.3 Å². The Morgan fingerprint density at radius 1 is 1.24 bits per heavy atom. The Kier molecular flexibility index (Phi) is 4.21. The largest absolute Gasteiger partial charge is 0.468 e. The number of carbonyl (C=O) groups excluding carboxylic acids is 2. The molecule has 1 aromatic rings. The number of benzene rings is 1. The van der Waals surface area contributed by atoms with Gasteiger partial charge in [0.1, 0.15) is 11.5 Å². The fraction of sp³-hybridized carbons (Fsp3) is 0.500. The van der Waals surface area contributed by atoms with E-state index >= 15 is 0 Å². The molecule has 0 saturated heterocycles. The van der Waals surface area contributed by atoms with Gasteiger partial charge in [-0.15, -0.1) is 0 Å². The van der Waals surface area contributed by atoms with Crippen LogP contribution in [0.4, 0.5) is 4.79 Å². The maximum atomic E-state index is 12.0. The van der Waals surface area contributed by atoms with Crippen molar-refractivity contribution in [1.82, 2.24) is 5.32 Å². The molecule has 0 heterocycles. The highest BCUT2D eigenvalue weighted by atomic mass is 16.6. The first-order valence-corrected chi connectivity index (χ1v) is 6.97. The molecule has 0 aromatic heterocycles. The Labute approximate surface area is 124 Å². The smallest absolute Gasteiger partial charge is 0.407 e. The summed E-state index contributed by atoms with van der Waals surface area (Å²) >= 11 is 0. The van der Waals surface area contributed by atoms with Crippen molar-refractivity contribution in [3.63, 3.8) is 0 Å². The molecule has 0 radical (unpaired) electrons. The first kappa shape index (κ1) is 15.4. The fourth-order valence-corrected chi connectivity index (χ4v) is 2.61. The quantitative estimate of drug-likeness (QED) is 0.850. The first-order valence-electron chi connectivity index (χ1n) is 6.97. The second-order valence-corrected chi connectivity index (χ2v) is 6.16. The number of hydrogen-bond donors (Lipinski definition) is 1. The van der Waals surface area contributed by atoms with Crippen LogP contribution >= 0.6 is 0 Å². The third-order valence-electron chi connectivity index (χ3n) is 3.39. The molecule has 0 spiro atoms.